The third kappa shape index (κ3) is 4.24. The van der Waals surface area contributed by atoms with E-state index >= 15 is 0 Å². The summed E-state index contributed by atoms with van der Waals surface area (Å²) in [6.45, 7) is 5.88. The summed E-state index contributed by atoms with van der Waals surface area (Å²) >= 11 is 0. The number of aliphatic hydroxyl groups is 1. The van der Waals surface area contributed by atoms with E-state index in [1.807, 2.05) is 0 Å². The number of rotatable bonds is 6. The maximum absolute atomic E-state index is 10.8. The summed E-state index contributed by atoms with van der Waals surface area (Å²) in [6.07, 6.45) is 2.39. The van der Waals surface area contributed by atoms with E-state index in [1.54, 1.807) is 6.92 Å². The molecule has 0 aliphatic carbocycles. The summed E-state index contributed by atoms with van der Waals surface area (Å²) in [5, 5.41) is 29.1. The molecule has 0 radical (unpaired) electrons. The van der Waals surface area contributed by atoms with E-state index in [9.17, 15) is 15.0 Å². The SMILES string of the molecule is CC(C)CCCC(C)(O)c1ccc(C(=O)O)cc1O. The van der Waals surface area contributed by atoms with Crippen molar-refractivity contribution in [2.45, 2.75) is 45.6 Å². The maximum atomic E-state index is 10.8. The normalized spacial score (nSPS) is 14.4. The molecule has 0 saturated heterocycles. The van der Waals surface area contributed by atoms with E-state index < -0.39 is 11.6 Å². The molecule has 0 fully saturated rings. The molecule has 0 amide bonds. The van der Waals surface area contributed by atoms with Gasteiger partial charge in [0.1, 0.15) is 5.75 Å². The Kier molecular flexibility index (Phi) is 4.95. The summed E-state index contributed by atoms with van der Waals surface area (Å²) in [5.74, 6) is -0.700. The first-order valence-corrected chi connectivity index (χ1v) is 6.53. The van der Waals surface area contributed by atoms with Crippen molar-refractivity contribution >= 4 is 5.97 Å². The second kappa shape index (κ2) is 6.06. The average Bonchev–Trinajstić information content (AvgIpc) is 2.27. The van der Waals surface area contributed by atoms with Crippen LogP contribution in [0.4, 0.5) is 0 Å². The van der Waals surface area contributed by atoms with E-state index in [1.165, 1.54) is 18.2 Å². The minimum atomic E-state index is -1.14. The van der Waals surface area contributed by atoms with E-state index in [0.29, 0.717) is 17.9 Å². The summed E-state index contributed by atoms with van der Waals surface area (Å²) < 4.78 is 0. The number of phenolic OH excluding ortho intramolecular Hbond substituents is 1. The molecule has 0 bridgehead atoms. The molecule has 1 atom stereocenters. The molecule has 0 heterocycles. The molecule has 4 nitrogen and oxygen atoms in total. The maximum Gasteiger partial charge on any atom is 0.335 e. The zero-order valence-corrected chi connectivity index (χ0v) is 11.7. The Balaban J connectivity index is 2.85. The minimum absolute atomic E-state index is 0.0132. The van der Waals surface area contributed by atoms with E-state index in [2.05, 4.69) is 13.8 Å². The summed E-state index contributed by atoms with van der Waals surface area (Å²) in [6, 6.07) is 4.05. The lowest BCUT2D eigenvalue weighted by molar-refractivity contribution is 0.0416. The van der Waals surface area contributed by atoms with Crippen molar-refractivity contribution < 1.29 is 20.1 Å². The molecular formula is C15H22O4. The number of benzene rings is 1. The van der Waals surface area contributed by atoms with Crippen LogP contribution in [0.2, 0.25) is 0 Å². The Bertz CT molecular complexity index is 449. The van der Waals surface area contributed by atoms with Gasteiger partial charge in [-0.25, -0.2) is 4.79 Å². The van der Waals surface area contributed by atoms with Crippen LogP contribution in [0.3, 0.4) is 0 Å². The predicted octanol–water partition coefficient (Wildman–Crippen LogP) is 3.12. The van der Waals surface area contributed by atoms with Crippen LogP contribution in [0.25, 0.3) is 0 Å². The second-order valence-corrected chi connectivity index (χ2v) is 5.60. The van der Waals surface area contributed by atoms with Gasteiger partial charge in [0.2, 0.25) is 0 Å². The van der Waals surface area contributed by atoms with Crippen molar-refractivity contribution in [3.8, 4) is 5.75 Å². The molecule has 3 N–H and O–H groups in total. The number of hydrogen-bond donors (Lipinski definition) is 3. The lowest BCUT2D eigenvalue weighted by Gasteiger charge is -2.25. The molecule has 106 valence electrons. The minimum Gasteiger partial charge on any atom is -0.508 e. The quantitative estimate of drug-likeness (QED) is 0.739. The molecule has 0 saturated carbocycles. The van der Waals surface area contributed by atoms with Crippen LogP contribution in [0.1, 0.15) is 56.0 Å². The Morgan fingerprint density at radius 3 is 2.47 bits per heavy atom. The van der Waals surface area contributed by atoms with Gasteiger partial charge in [-0.1, -0.05) is 26.3 Å². The molecule has 1 unspecified atom stereocenters. The van der Waals surface area contributed by atoms with Crippen LogP contribution in [-0.2, 0) is 5.60 Å². The van der Waals surface area contributed by atoms with Gasteiger partial charge < -0.3 is 15.3 Å². The highest BCUT2D eigenvalue weighted by Gasteiger charge is 2.26. The third-order valence-electron chi connectivity index (χ3n) is 3.27. The highest BCUT2D eigenvalue weighted by atomic mass is 16.4. The van der Waals surface area contributed by atoms with Gasteiger partial charge in [-0.2, -0.15) is 0 Å². The van der Waals surface area contributed by atoms with Gasteiger partial charge >= 0.3 is 5.97 Å². The first-order valence-electron chi connectivity index (χ1n) is 6.53. The van der Waals surface area contributed by atoms with Crippen molar-refractivity contribution in [1.82, 2.24) is 0 Å². The van der Waals surface area contributed by atoms with Crippen LogP contribution >= 0.6 is 0 Å². The van der Waals surface area contributed by atoms with Crippen LogP contribution in [-0.4, -0.2) is 21.3 Å². The molecule has 4 heteroatoms. The Morgan fingerprint density at radius 2 is 2.00 bits per heavy atom. The van der Waals surface area contributed by atoms with Crippen molar-refractivity contribution in [3.05, 3.63) is 29.3 Å². The third-order valence-corrected chi connectivity index (χ3v) is 3.27. The monoisotopic (exact) mass is 266 g/mol. The zero-order chi connectivity index (χ0) is 14.6. The number of hydrogen-bond acceptors (Lipinski definition) is 3. The topological polar surface area (TPSA) is 77.8 Å². The molecule has 0 spiro atoms. The number of aromatic hydroxyl groups is 1. The Morgan fingerprint density at radius 1 is 1.37 bits per heavy atom. The van der Waals surface area contributed by atoms with Crippen LogP contribution in [0.15, 0.2) is 18.2 Å². The van der Waals surface area contributed by atoms with Gasteiger partial charge in [0.05, 0.1) is 11.2 Å². The number of carboxylic acid groups (broad SMARTS) is 1. The lowest BCUT2D eigenvalue weighted by Crippen LogP contribution is -2.21. The molecular weight excluding hydrogens is 244 g/mol. The molecule has 1 aromatic carbocycles. The van der Waals surface area contributed by atoms with Crippen molar-refractivity contribution in [3.63, 3.8) is 0 Å². The van der Waals surface area contributed by atoms with Crippen LogP contribution in [0, 0.1) is 5.92 Å². The van der Waals surface area contributed by atoms with Gasteiger partial charge in [-0.3, -0.25) is 0 Å². The number of aromatic carboxylic acids is 1. The zero-order valence-electron chi connectivity index (χ0n) is 11.7. The van der Waals surface area contributed by atoms with Crippen LogP contribution in [0.5, 0.6) is 5.75 Å². The fraction of sp³-hybridized carbons (Fsp3) is 0.533. The fourth-order valence-electron chi connectivity index (χ4n) is 2.11. The van der Waals surface area contributed by atoms with E-state index in [-0.39, 0.29) is 11.3 Å². The Labute approximate surface area is 113 Å². The molecule has 1 rings (SSSR count). The second-order valence-electron chi connectivity index (χ2n) is 5.60. The predicted molar refractivity (Wildman–Crippen MR) is 73.3 cm³/mol. The van der Waals surface area contributed by atoms with Crippen molar-refractivity contribution in [2.75, 3.05) is 0 Å². The molecule has 0 aromatic heterocycles. The Hall–Kier alpha value is -1.55. The molecule has 0 aliphatic rings. The first kappa shape index (κ1) is 15.5. The first-order chi connectivity index (χ1) is 8.74. The summed E-state index contributed by atoms with van der Waals surface area (Å²) in [5.41, 5.74) is -0.754. The molecule has 0 aliphatic heterocycles. The highest BCUT2D eigenvalue weighted by molar-refractivity contribution is 5.88. The van der Waals surface area contributed by atoms with Gasteiger partial charge in [0.15, 0.2) is 0 Å². The lowest BCUT2D eigenvalue weighted by atomic mass is 9.88. The highest BCUT2D eigenvalue weighted by Crippen LogP contribution is 2.34. The van der Waals surface area contributed by atoms with E-state index in [4.69, 9.17) is 5.11 Å². The molecule has 1 aromatic rings. The molecule has 19 heavy (non-hydrogen) atoms. The van der Waals surface area contributed by atoms with Crippen LogP contribution < -0.4 is 0 Å². The number of carbonyl (C=O) groups is 1. The van der Waals surface area contributed by atoms with Gasteiger partial charge in [0, 0.05) is 5.56 Å². The smallest absolute Gasteiger partial charge is 0.335 e. The van der Waals surface area contributed by atoms with Crippen molar-refractivity contribution in [2.24, 2.45) is 5.92 Å². The van der Waals surface area contributed by atoms with Gasteiger partial charge in [-0.15, -0.1) is 0 Å². The largest absolute Gasteiger partial charge is 0.508 e. The number of phenols is 1. The number of carboxylic acids is 1. The summed E-state index contributed by atoms with van der Waals surface area (Å²) in [7, 11) is 0. The summed E-state index contributed by atoms with van der Waals surface area (Å²) in [4.78, 5) is 10.8. The van der Waals surface area contributed by atoms with E-state index in [0.717, 1.165) is 12.8 Å². The van der Waals surface area contributed by atoms with Crippen molar-refractivity contribution in [1.29, 1.82) is 0 Å². The average molecular weight is 266 g/mol. The van der Waals surface area contributed by atoms with Gasteiger partial charge in [-0.05, 0) is 37.8 Å². The standard InChI is InChI=1S/C15H22O4/c1-10(2)5-4-8-15(3,19)12-7-6-11(14(17)18)9-13(12)16/h6-7,9-10,16,19H,4-5,8H2,1-3H3,(H,17,18). The fourth-order valence-corrected chi connectivity index (χ4v) is 2.11. The van der Waals surface area contributed by atoms with Gasteiger partial charge in [0.25, 0.3) is 0 Å².